The van der Waals surface area contributed by atoms with Gasteiger partial charge in [-0.15, -0.1) is 0 Å². The van der Waals surface area contributed by atoms with Crippen LogP contribution in [0.3, 0.4) is 0 Å². The monoisotopic (exact) mass is 293 g/mol. The minimum Gasteiger partial charge on any atom is -0.454 e. The number of nitrogens with two attached hydrogens (primary N) is 1. The highest BCUT2D eigenvalue weighted by molar-refractivity contribution is 5.77. The Morgan fingerprint density at radius 3 is 2.81 bits per heavy atom. The molecule has 1 amide bonds. The summed E-state index contributed by atoms with van der Waals surface area (Å²) in [7, 11) is 1.99. The van der Waals surface area contributed by atoms with Crippen LogP contribution in [0.5, 0.6) is 11.5 Å². The summed E-state index contributed by atoms with van der Waals surface area (Å²) in [6.07, 6.45) is 0.792. The van der Waals surface area contributed by atoms with Gasteiger partial charge in [-0.05, 0) is 45.0 Å². The summed E-state index contributed by atoms with van der Waals surface area (Å²) in [5.74, 6) is 1.44. The molecule has 6 heteroatoms. The third-order valence-corrected chi connectivity index (χ3v) is 3.83. The first-order valence-corrected chi connectivity index (χ1v) is 7.11. The summed E-state index contributed by atoms with van der Waals surface area (Å²) in [6.45, 7) is 4.37. The summed E-state index contributed by atoms with van der Waals surface area (Å²) in [6, 6.07) is 6.25. The smallest absolute Gasteiger partial charge is 0.234 e. The Kier molecular flexibility index (Phi) is 5.03. The zero-order valence-corrected chi connectivity index (χ0v) is 12.8. The SMILES string of the molecule is CC(Cc1ccc2c(c1)OCO2)N(C)C(C)NC(=O)CN. The second-order valence-corrected chi connectivity index (χ2v) is 5.35. The lowest BCUT2D eigenvalue weighted by molar-refractivity contribution is -0.121. The van der Waals surface area contributed by atoms with Gasteiger partial charge >= 0.3 is 0 Å². The number of ether oxygens (including phenoxy) is 2. The van der Waals surface area contributed by atoms with Crippen LogP contribution in [-0.2, 0) is 11.2 Å². The first-order valence-electron chi connectivity index (χ1n) is 7.11. The van der Waals surface area contributed by atoms with Gasteiger partial charge in [-0.25, -0.2) is 0 Å². The largest absolute Gasteiger partial charge is 0.454 e. The molecule has 3 N–H and O–H groups in total. The summed E-state index contributed by atoms with van der Waals surface area (Å²) in [5, 5.41) is 2.85. The van der Waals surface area contributed by atoms with Crippen molar-refractivity contribution in [2.45, 2.75) is 32.5 Å². The fourth-order valence-electron chi connectivity index (χ4n) is 2.33. The van der Waals surface area contributed by atoms with Gasteiger partial charge in [0.15, 0.2) is 11.5 Å². The average Bonchev–Trinajstić information content (AvgIpc) is 2.93. The lowest BCUT2D eigenvalue weighted by atomic mass is 10.1. The predicted octanol–water partition coefficient (Wildman–Crippen LogP) is 0.699. The molecule has 0 aliphatic carbocycles. The number of likely N-dealkylation sites (N-methyl/N-ethyl adjacent to an activating group) is 1. The molecule has 0 fully saturated rings. The van der Waals surface area contributed by atoms with Crippen LogP contribution in [0.25, 0.3) is 0 Å². The second-order valence-electron chi connectivity index (χ2n) is 5.35. The lowest BCUT2D eigenvalue weighted by Crippen LogP contribution is -2.49. The molecule has 0 saturated heterocycles. The number of carbonyl (C=O) groups is 1. The lowest BCUT2D eigenvalue weighted by Gasteiger charge is -2.31. The average molecular weight is 293 g/mol. The molecule has 116 valence electrons. The van der Waals surface area contributed by atoms with E-state index in [9.17, 15) is 4.79 Å². The normalized spacial score (nSPS) is 15.9. The van der Waals surface area contributed by atoms with Gasteiger partial charge in [0, 0.05) is 6.04 Å². The Bertz CT molecular complexity index is 507. The van der Waals surface area contributed by atoms with Gasteiger partial charge < -0.3 is 20.5 Å². The van der Waals surface area contributed by atoms with Crippen molar-refractivity contribution in [3.8, 4) is 11.5 Å². The van der Waals surface area contributed by atoms with Gasteiger partial charge in [0.1, 0.15) is 0 Å². The van der Waals surface area contributed by atoms with E-state index in [-0.39, 0.29) is 31.5 Å². The Morgan fingerprint density at radius 1 is 1.38 bits per heavy atom. The molecule has 0 saturated carbocycles. The van der Waals surface area contributed by atoms with Gasteiger partial charge in [-0.3, -0.25) is 9.69 Å². The summed E-state index contributed by atoms with van der Waals surface area (Å²) >= 11 is 0. The van der Waals surface area contributed by atoms with Gasteiger partial charge in [-0.2, -0.15) is 0 Å². The maximum atomic E-state index is 11.3. The van der Waals surface area contributed by atoms with Crippen LogP contribution in [0.15, 0.2) is 18.2 Å². The molecule has 0 radical (unpaired) electrons. The van der Waals surface area contributed by atoms with Gasteiger partial charge in [-0.1, -0.05) is 6.07 Å². The molecule has 0 spiro atoms. The van der Waals surface area contributed by atoms with Crippen LogP contribution in [0.2, 0.25) is 0 Å². The molecular weight excluding hydrogens is 270 g/mol. The maximum absolute atomic E-state index is 11.3. The van der Waals surface area contributed by atoms with Crippen LogP contribution in [0.4, 0.5) is 0 Å². The summed E-state index contributed by atoms with van der Waals surface area (Å²) < 4.78 is 10.7. The fraction of sp³-hybridized carbons (Fsp3) is 0.533. The van der Waals surface area contributed by atoms with Crippen molar-refractivity contribution in [3.05, 3.63) is 23.8 Å². The van der Waals surface area contributed by atoms with E-state index in [1.54, 1.807) is 0 Å². The number of hydrogen-bond donors (Lipinski definition) is 2. The van der Waals surface area contributed by atoms with E-state index in [0.29, 0.717) is 0 Å². The van der Waals surface area contributed by atoms with Crippen molar-refractivity contribution in [2.75, 3.05) is 20.4 Å². The number of rotatable bonds is 6. The Morgan fingerprint density at radius 2 is 2.10 bits per heavy atom. The number of nitrogens with zero attached hydrogens (tertiary/aromatic N) is 1. The van der Waals surface area contributed by atoms with E-state index in [1.165, 1.54) is 5.56 Å². The molecule has 1 aliphatic rings. The Hall–Kier alpha value is -1.79. The number of hydrogen-bond acceptors (Lipinski definition) is 5. The van der Waals surface area contributed by atoms with Crippen LogP contribution in [0.1, 0.15) is 19.4 Å². The van der Waals surface area contributed by atoms with Crippen LogP contribution >= 0.6 is 0 Å². The van der Waals surface area contributed by atoms with Gasteiger partial charge in [0.05, 0.1) is 12.7 Å². The van der Waals surface area contributed by atoms with Crippen molar-refractivity contribution in [1.29, 1.82) is 0 Å². The van der Waals surface area contributed by atoms with E-state index in [4.69, 9.17) is 15.2 Å². The molecule has 21 heavy (non-hydrogen) atoms. The first kappa shape index (κ1) is 15.6. The molecule has 0 aromatic heterocycles. The molecule has 2 rings (SSSR count). The first-order chi connectivity index (χ1) is 10.0. The van der Waals surface area contributed by atoms with Crippen molar-refractivity contribution < 1.29 is 14.3 Å². The molecule has 6 nitrogen and oxygen atoms in total. The zero-order chi connectivity index (χ0) is 15.4. The third-order valence-electron chi connectivity index (χ3n) is 3.83. The third kappa shape index (κ3) is 3.86. The fourth-order valence-corrected chi connectivity index (χ4v) is 2.33. The molecular formula is C15H23N3O3. The number of benzene rings is 1. The number of amides is 1. The van der Waals surface area contributed by atoms with E-state index in [0.717, 1.165) is 17.9 Å². The molecule has 1 aliphatic heterocycles. The Balaban J connectivity index is 1.94. The number of carbonyl (C=O) groups excluding carboxylic acids is 1. The van der Waals surface area contributed by atoms with Gasteiger partial charge in [0.25, 0.3) is 0 Å². The van der Waals surface area contributed by atoms with Crippen LogP contribution < -0.4 is 20.5 Å². The van der Waals surface area contributed by atoms with E-state index in [1.807, 2.05) is 32.2 Å². The zero-order valence-electron chi connectivity index (χ0n) is 12.8. The van der Waals surface area contributed by atoms with Crippen molar-refractivity contribution in [1.82, 2.24) is 10.2 Å². The highest BCUT2D eigenvalue weighted by Gasteiger charge is 2.19. The van der Waals surface area contributed by atoms with Crippen LogP contribution in [0, 0.1) is 0 Å². The molecule has 1 aromatic rings. The minimum absolute atomic E-state index is 0.00865. The van der Waals surface area contributed by atoms with Crippen molar-refractivity contribution >= 4 is 5.91 Å². The molecule has 0 bridgehead atoms. The summed E-state index contributed by atoms with van der Waals surface area (Å²) in [4.78, 5) is 13.5. The highest BCUT2D eigenvalue weighted by atomic mass is 16.7. The topological polar surface area (TPSA) is 76.8 Å². The van der Waals surface area contributed by atoms with Crippen molar-refractivity contribution in [2.24, 2.45) is 5.73 Å². The second kappa shape index (κ2) is 6.78. The molecule has 1 heterocycles. The van der Waals surface area contributed by atoms with Crippen LogP contribution in [-0.4, -0.2) is 43.4 Å². The quantitative estimate of drug-likeness (QED) is 0.755. The highest BCUT2D eigenvalue weighted by Crippen LogP contribution is 2.32. The van der Waals surface area contributed by atoms with E-state index >= 15 is 0 Å². The molecule has 2 atom stereocenters. The van der Waals surface area contributed by atoms with E-state index < -0.39 is 0 Å². The predicted molar refractivity (Wildman–Crippen MR) is 80.2 cm³/mol. The number of nitrogens with one attached hydrogen (secondary N) is 1. The van der Waals surface area contributed by atoms with Crippen molar-refractivity contribution in [3.63, 3.8) is 0 Å². The number of fused-ring (bicyclic) bond motifs is 1. The standard InChI is InChI=1S/C15H23N3O3/c1-10(18(3)11(2)17-15(19)8-16)6-12-4-5-13-14(7-12)21-9-20-13/h4-5,7,10-11H,6,8-9,16H2,1-3H3,(H,17,19). The van der Waals surface area contributed by atoms with E-state index in [2.05, 4.69) is 17.1 Å². The Labute approximate surface area is 125 Å². The van der Waals surface area contributed by atoms with Gasteiger partial charge in [0.2, 0.25) is 12.7 Å². The minimum atomic E-state index is -0.148. The maximum Gasteiger partial charge on any atom is 0.234 e. The summed E-state index contributed by atoms with van der Waals surface area (Å²) in [5.41, 5.74) is 6.49. The molecule has 2 unspecified atom stereocenters. The molecule has 1 aromatic carbocycles.